The molecule has 29 heavy (non-hydrogen) atoms. The molecule has 2 amide bonds. The van der Waals surface area contributed by atoms with E-state index in [4.69, 9.17) is 0 Å². The summed E-state index contributed by atoms with van der Waals surface area (Å²) in [6, 6.07) is 13.1. The van der Waals surface area contributed by atoms with Gasteiger partial charge in [0.25, 0.3) is 11.8 Å². The molecule has 0 spiro atoms. The molecule has 2 rings (SSSR count). The van der Waals surface area contributed by atoms with Crippen LogP contribution in [-0.4, -0.2) is 28.9 Å². The molecule has 152 valence electrons. The number of hydrogen-bond donors (Lipinski definition) is 3. The molecular weight excluding hydrogens is 436 g/mol. The molecule has 2 aromatic rings. The summed E-state index contributed by atoms with van der Waals surface area (Å²) in [4.78, 5) is 36.8. The van der Waals surface area contributed by atoms with Crippen LogP contribution in [0.5, 0.6) is 0 Å². The first-order valence-corrected chi connectivity index (χ1v) is 9.98. The predicted molar refractivity (Wildman–Crippen MR) is 115 cm³/mol. The SMILES string of the molecule is CCC[C@H](NC(=O)/C(=C\c1ccc(Br)cc1)NC(=O)c1ccc(C)cc1)C(=O)O. The van der Waals surface area contributed by atoms with Gasteiger partial charge in [0.05, 0.1) is 0 Å². The van der Waals surface area contributed by atoms with Crippen LogP contribution in [0.4, 0.5) is 0 Å². The smallest absolute Gasteiger partial charge is 0.326 e. The van der Waals surface area contributed by atoms with Crippen molar-refractivity contribution in [3.05, 3.63) is 75.4 Å². The van der Waals surface area contributed by atoms with E-state index < -0.39 is 23.8 Å². The number of halogens is 1. The van der Waals surface area contributed by atoms with Gasteiger partial charge in [0.1, 0.15) is 11.7 Å². The van der Waals surface area contributed by atoms with E-state index in [9.17, 15) is 19.5 Å². The lowest BCUT2D eigenvalue weighted by molar-refractivity contribution is -0.141. The van der Waals surface area contributed by atoms with Crippen molar-refractivity contribution < 1.29 is 19.5 Å². The second kappa shape index (κ2) is 10.6. The molecule has 0 unspecified atom stereocenters. The van der Waals surface area contributed by atoms with Gasteiger partial charge in [0.15, 0.2) is 0 Å². The average Bonchev–Trinajstić information content (AvgIpc) is 2.69. The zero-order chi connectivity index (χ0) is 21.4. The molecule has 0 radical (unpaired) electrons. The summed E-state index contributed by atoms with van der Waals surface area (Å²) in [6.45, 7) is 3.74. The molecule has 0 aliphatic carbocycles. The molecule has 0 bridgehead atoms. The van der Waals surface area contributed by atoms with Crippen LogP contribution in [0.25, 0.3) is 6.08 Å². The molecule has 2 aromatic carbocycles. The van der Waals surface area contributed by atoms with Crippen molar-refractivity contribution in [3.63, 3.8) is 0 Å². The van der Waals surface area contributed by atoms with Crippen LogP contribution in [0.3, 0.4) is 0 Å². The van der Waals surface area contributed by atoms with Crippen molar-refractivity contribution >= 4 is 39.8 Å². The summed E-state index contributed by atoms with van der Waals surface area (Å²) < 4.78 is 0.873. The average molecular weight is 459 g/mol. The quantitative estimate of drug-likeness (QED) is 0.522. The number of aliphatic carboxylic acids is 1. The molecular formula is C22H23BrN2O4. The van der Waals surface area contributed by atoms with E-state index in [1.807, 2.05) is 13.8 Å². The summed E-state index contributed by atoms with van der Waals surface area (Å²) >= 11 is 3.35. The van der Waals surface area contributed by atoms with Crippen LogP contribution < -0.4 is 10.6 Å². The van der Waals surface area contributed by atoms with E-state index in [-0.39, 0.29) is 5.70 Å². The maximum absolute atomic E-state index is 12.8. The van der Waals surface area contributed by atoms with Gasteiger partial charge in [-0.3, -0.25) is 9.59 Å². The van der Waals surface area contributed by atoms with Crippen LogP contribution in [-0.2, 0) is 9.59 Å². The fraction of sp³-hybridized carbons (Fsp3) is 0.227. The number of aryl methyl sites for hydroxylation is 1. The lowest BCUT2D eigenvalue weighted by Gasteiger charge is -2.16. The molecule has 6 nitrogen and oxygen atoms in total. The zero-order valence-corrected chi connectivity index (χ0v) is 17.8. The molecule has 0 aromatic heterocycles. The topological polar surface area (TPSA) is 95.5 Å². The van der Waals surface area contributed by atoms with E-state index in [1.54, 1.807) is 48.5 Å². The first kappa shape index (κ1) is 22.4. The molecule has 0 fully saturated rings. The van der Waals surface area contributed by atoms with Gasteiger partial charge in [0, 0.05) is 10.0 Å². The Bertz CT molecular complexity index is 905. The third-order valence-electron chi connectivity index (χ3n) is 4.17. The predicted octanol–water partition coefficient (Wildman–Crippen LogP) is 3.90. The number of nitrogens with one attached hydrogen (secondary N) is 2. The third kappa shape index (κ3) is 6.87. The van der Waals surface area contributed by atoms with Gasteiger partial charge in [-0.05, 0) is 49.2 Å². The van der Waals surface area contributed by atoms with Crippen LogP contribution >= 0.6 is 15.9 Å². The Kier molecular flexibility index (Phi) is 8.15. The zero-order valence-electron chi connectivity index (χ0n) is 16.2. The highest BCUT2D eigenvalue weighted by molar-refractivity contribution is 9.10. The highest BCUT2D eigenvalue weighted by atomic mass is 79.9. The Morgan fingerprint density at radius 1 is 1.07 bits per heavy atom. The lowest BCUT2D eigenvalue weighted by atomic mass is 10.1. The molecule has 0 heterocycles. The van der Waals surface area contributed by atoms with E-state index in [2.05, 4.69) is 26.6 Å². The minimum absolute atomic E-state index is 0.0275. The number of rotatable bonds is 8. The highest BCUT2D eigenvalue weighted by Gasteiger charge is 2.22. The maximum Gasteiger partial charge on any atom is 0.326 e. The third-order valence-corrected chi connectivity index (χ3v) is 4.70. The monoisotopic (exact) mass is 458 g/mol. The van der Waals surface area contributed by atoms with Gasteiger partial charge < -0.3 is 15.7 Å². The van der Waals surface area contributed by atoms with Gasteiger partial charge in [-0.25, -0.2) is 4.79 Å². The molecule has 1 atom stereocenters. The largest absolute Gasteiger partial charge is 0.480 e. The molecule has 3 N–H and O–H groups in total. The first-order chi connectivity index (χ1) is 13.8. The van der Waals surface area contributed by atoms with Crippen LogP contribution in [0.1, 0.15) is 41.3 Å². The molecule has 7 heteroatoms. The maximum atomic E-state index is 12.8. The van der Waals surface area contributed by atoms with Crippen LogP contribution in [0.15, 0.2) is 58.7 Å². The second-order valence-electron chi connectivity index (χ2n) is 6.58. The minimum atomic E-state index is -1.12. The first-order valence-electron chi connectivity index (χ1n) is 9.19. The fourth-order valence-electron chi connectivity index (χ4n) is 2.57. The van der Waals surface area contributed by atoms with Crippen molar-refractivity contribution in [1.82, 2.24) is 10.6 Å². The van der Waals surface area contributed by atoms with E-state index in [0.29, 0.717) is 24.0 Å². The lowest BCUT2D eigenvalue weighted by Crippen LogP contribution is -2.44. The Morgan fingerprint density at radius 3 is 2.24 bits per heavy atom. The Labute approximate surface area is 178 Å². The molecule has 0 aliphatic rings. The number of benzene rings is 2. The fourth-order valence-corrected chi connectivity index (χ4v) is 2.83. The Morgan fingerprint density at radius 2 is 1.69 bits per heavy atom. The standard InChI is InChI=1S/C22H23BrN2O4/c1-3-4-18(22(28)29)24-21(27)19(13-15-7-11-17(23)12-8-15)25-20(26)16-9-5-14(2)6-10-16/h5-13,18H,3-4H2,1-2H3,(H,24,27)(H,25,26)(H,28,29)/b19-13+/t18-/m0/s1. The van der Waals surface area contributed by atoms with E-state index >= 15 is 0 Å². The van der Waals surface area contributed by atoms with Crippen LogP contribution in [0.2, 0.25) is 0 Å². The van der Waals surface area contributed by atoms with Crippen molar-refractivity contribution in [3.8, 4) is 0 Å². The Balaban J connectivity index is 2.30. The number of carbonyl (C=O) groups excluding carboxylic acids is 2. The van der Waals surface area contributed by atoms with E-state index in [0.717, 1.165) is 10.0 Å². The molecule has 0 saturated carbocycles. The summed E-state index contributed by atoms with van der Waals surface area (Å²) in [5.74, 6) is -2.23. The van der Waals surface area contributed by atoms with Crippen molar-refractivity contribution in [2.45, 2.75) is 32.7 Å². The molecule has 0 aliphatic heterocycles. The highest BCUT2D eigenvalue weighted by Crippen LogP contribution is 2.14. The van der Waals surface area contributed by atoms with Gasteiger partial charge in [-0.1, -0.05) is 59.1 Å². The number of carbonyl (C=O) groups is 3. The van der Waals surface area contributed by atoms with Crippen molar-refractivity contribution in [1.29, 1.82) is 0 Å². The van der Waals surface area contributed by atoms with Gasteiger partial charge in [0.2, 0.25) is 0 Å². The summed E-state index contributed by atoms with van der Waals surface area (Å²) in [5.41, 5.74) is 2.06. The molecule has 0 saturated heterocycles. The number of hydrogen-bond acceptors (Lipinski definition) is 3. The number of carboxylic acid groups (broad SMARTS) is 1. The number of amides is 2. The van der Waals surface area contributed by atoms with Crippen molar-refractivity contribution in [2.75, 3.05) is 0 Å². The Hall–Kier alpha value is -2.93. The van der Waals surface area contributed by atoms with Gasteiger partial charge >= 0.3 is 5.97 Å². The summed E-state index contributed by atoms with van der Waals surface area (Å²) in [7, 11) is 0. The summed E-state index contributed by atoms with van der Waals surface area (Å²) in [5, 5.41) is 14.4. The second-order valence-corrected chi connectivity index (χ2v) is 7.50. The van der Waals surface area contributed by atoms with Crippen molar-refractivity contribution in [2.24, 2.45) is 0 Å². The number of carboxylic acids is 1. The van der Waals surface area contributed by atoms with E-state index in [1.165, 1.54) is 6.08 Å². The minimum Gasteiger partial charge on any atom is -0.480 e. The normalized spacial score (nSPS) is 12.2. The van der Waals surface area contributed by atoms with Gasteiger partial charge in [-0.2, -0.15) is 0 Å². The summed E-state index contributed by atoms with van der Waals surface area (Å²) in [6.07, 6.45) is 2.40. The van der Waals surface area contributed by atoms with Gasteiger partial charge in [-0.15, -0.1) is 0 Å². The van der Waals surface area contributed by atoms with Crippen LogP contribution in [0, 0.1) is 6.92 Å².